The van der Waals surface area contributed by atoms with Crippen LogP contribution in [0, 0.1) is 0 Å². The van der Waals surface area contributed by atoms with E-state index in [1.165, 1.54) is 24.1 Å². The average molecular weight is 260 g/mol. The molecular weight excluding hydrogens is 245 g/mol. The van der Waals surface area contributed by atoms with Crippen LogP contribution in [0.2, 0.25) is 0 Å². The highest BCUT2D eigenvalue weighted by Gasteiger charge is 2.34. The molecule has 0 aliphatic carbocycles. The van der Waals surface area contributed by atoms with Crippen LogP contribution in [-0.2, 0) is 6.18 Å². The lowest BCUT2D eigenvalue weighted by atomic mass is 10.1. The Bertz CT molecular complexity index is 455. The smallest absolute Gasteiger partial charge is 0.398 e. The van der Waals surface area contributed by atoms with Crippen molar-refractivity contribution < 1.29 is 18.0 Å². The molecule has 2 N–H and O–H groups in total. The lowest BCUT2D eigenvalue weighted by molar-refractivity contribution is -0.136. The Labute approximate surface area is 103 Å². The fourth-order valence-electron chi connectivity index (χ4n) is 1.42. The van der Waals surface area contributed by atoms with Gasteiger partial charge in [-0.15, -0.1) is 0 Å². The summed E-state index contributed by atoms with van der Waals surface area (Å²) in [6, 6.07) is 3.22. The lowest BCUT2D eigenvalue weighted by Gasteiger charge is -2.23. The summed E-state index contributed by atoms with van der Waals surface area (Å²) < 4.78 is 37.9. The van der Waals surface area contributed by atoms with E-state index in [1.54, 1.807) is 13.8 Å². The number of anilines is 1. The predicted octanol–water partition coefficient (Wildman–Crippen LogP) is 2.77. The van der Waals surface area contributed by atoms with Crippen molar-refractivity contribution in [1.29, 1.82) is 0 Å². The van der Waals surface area contributed by atoms with Crippen LogP contribution >= 0.6 is 0 Å². The van der Waals surface area contributed by atoms with Gasteiger partial charge in [-0.25, -0.2) is 0 Å². The number of halogens is 3. The number of carbonyl (C=O) groups excluding carboxylic acids is 1. The summed E-state index contributed by atoms with van der Waals surface area (Å²) in [4.78, 5) is 13.3. The molecule has 0 aliphatic heterocycles. The maximum Gasteiger partial charge on any atom is 0.418 e. The quantitative estimate of drug-likeness (QED) is 0.831. The van der Waals surface area contributed by atoms with Gasteiger partial charge in [0.25, 0.3) is 5.91 Å². The zero-order chi connectivity index (χ0) is 14.1. The molecule has 6 heteroatoms. The summed E-state index contributed by atoms with van der Waals surface area (Å²) in [7, 11) is 1.52. The summed E-state index contributed by atoms with van der Waals surface area (Å²) >= 11 is 0. The van der Waals surface area contributed by atoms with E-state index in [-0.39, 0.29) is 11.6 Å². The van der Waals surface area contributed by atoms with Gasteiger partial charge in [-0.05, 0) is 26.0 Å². The zero-order valence-electron chi connectivity index (χ0n) is 10.4. The van der Waals surface area contributed by atoms with Gasteiger partial charge in [-0.2, -0.15) is 13.2 Å². The Morgan fingerprint density at radius 1 is 1.33 bits per heavy atom. The van der Waals surface area contributed by atoms with Crippen molar-refractivity contribution in [3.63, 3.8) is 0 Å². The molecule has 0 unspecified atom stereocenters. The molecule has 0 radical (unpaired) electrons. The molecule has 0 fully saturated rings. The number of amides is 1. The van der Waals surface area contributed by atoms with Gasteiger partial charge in [0.15, 0.2) is 0 Å². The first kappa shape index (κ1) is 14.3. The SMILES string of the molecule is CC(C)N(C)C(=O)c1cccc(C(F)(F)F)c1N. The van der Waals surface area contributed by atoms with Crippen LogP contribution in [0.25, 0.3) is 0 Å². The van der Waals surface area contributed by atoms with Crippen molar-refractivity contribution in [3.8, 4) is 0 Å². The second-order valence-electron chi connectivity index (χ2n) is 4.27. The van der Waals surface area contributed by atoms with Crippen LogP contribution in [0.5, 0.6) is 0 Å². The Morgan fingerprint density at radius 2 is 1.89 bits per heavy atom. The second-order valence-corrected chi connectivity index (χ2v) is 4.27. The molecule has 1 amide bonds. The standard InChI is InChI=1S/C12H15F3N2O/c1-7(2)17(3)11(18)8-5-4-6-9(10(8)16)12(13,14)15/h4-7H,16H2,1-3H3. The van der Waals surface area contributed by atoms with Gasteiger partial charge >= 0.3 is 6.18 Å². The molecule has 1 aromatic rings. The van der Waals surface area contributed by atoms with E-state index < -0.39 is 23.3 Å². The van der Waals surface area contributed by atoms with Gasteiger partial charge in [-0.3, -0.25) is 4.79 Å². The minimum atomic E-state index is -4.56. The molecule has 0 spiro atoms. The summed E-state index contributed by atoms with van der Waals surface area (Å²) in [5.74, 6) is -0.520. The number of hydrogen-bond donors (Lipinski definition) is 1. The molecule has 0 bridgehead atoms. The van der Waals surface area contributed by atoms with Crippen LogP contribution in [-0.4, -0.2) is 23.9 Å². The van der Waals surface area contributed by atoms with E-state index in [9.17, 15) is 18.0 Å². The first-order valence-electron chi connectivity index (χ1n) is 5.39. The Balaban J connectivity index is 3.24. The highest BCUT2D eigenvalue weighted by atomic mass is 19.4. The molecule has 3 nitrogen and oxygen atoms in total. The molecule has 0 atom stereocenters. The number of carbonyl (C=O) groups is 1. The average Bonchev–Trinajstić information content (AvgIpc) is 2.25. The fraction of sp³-hybridized carbons (Fsp3) is 0.417. The van der Waals surface area contributed by atoms with Crippen molar-refractivity contribution >= 4 is 11.6 Å². The zero-order valence-corrected chi connectivity index (χ0v) is 10.4. The Hall–Kier alpha value is -1.72. The van der Waals surface area contributed by atoms with Crippen molar-refractivity contribution in [1.82, 2.24) is 4.90 Å². The van der Waals surface area contributed by atoms with Crippen molar-refractivity contribution in [3.05, 3.63) is 29.3 Å². The molecule has 100 valence electrons. The van der Waals surface area contributed by atoms with Gasteiger partial charge in [0, 0.05) is 13.1 Å². The summed E-state index contributed by atoms with van der Waals surface area (Å²) in [6.07, 6.45) is -4.56. The summed E-state index contributed by atoms with van der Waals surface area (Å²) in [5, 5.41) is 0. The number of benzene rings is 1. The molecular formula is C12H15F3N2O. The fourth-order valence-corrected chi connectivity index (χ4v) is 1.42. The Kier molecular flexibility index (Phi) is 3.88. The van der Waals surface area contributed by atoms with Crippen LogP contribution in [0.3, 0.4) is 0 Å². The normalized spacial score (nSPS) is 11.7. The van der Waals surface area contributed by atoms with Crippen LogP contribution in [0.15, 0.2) is 18.2 Å². The molecule has 0 heterocycles. The third-order valence-electron chi connectivity index (χ3n) is 2.74. The second kappa shape index (κ2) is 4.88. The maximum absolute atomic E-state index is 12.6. The van der Waals surface area contributed by atoms with Gasteiger partial charge < -0.3 is 10.6 Å². The van der Waals surface area contributed by atoms with Crippen molar-refractivity contribution in [2.75, 3.05) is 12.8 Å². The minimum Gasteiger partial charge on any atom is -0.398 e. The molecule has 18 heavy (non-hydrogen) atoms. The third-order valence-corrected chi connectivity index (χ3v) is 2.74. The Morgan fingerprint density at radius 3 is 2.33 bits per heavy atom. The number of nitrogens with zero attached hydrogens (tertiary/aromatic N) is 1. The predicted molar refractivity (Wildman–Crippen MR) is 63.1 cm³/mol. The number of rotatable bonds is 2. The van der Waals surface area contributed by atoms with E-state index in [4.69, 9.17) is 5.73 Å². The van der Waals surface area contributed by atoms with E-state index in [0.717, 1.165) is 6.07 Å². The molecule has 0 saturated carbocycles. The summed E-state index contributed by atoms with van der Waals surface area (Å²) in [6.45, 7) is 3.53. The van der Waals surface area contributed by atoms with Crippen LogP contribution < -0.4 is 5.73 Å². The molecule has 0 saturated heterocycles. The monoisotopic (exact) mass is 260 g/mol. The van der Waals surface area contributed by atoms with E-state index in [0.29, 0.717) is 0 Å². The first-order valence-corrected chi connectivity index (χ1v) is 5.39. The van der Waals surface area contributed by atoms with Gasteiger partial charge in [0.2, 0.25) is 0 Å². The number of alkyl halides is 3. The largest absolute Gasteiger partial charge is 0.418 e. The van der Waals surface area contributed by atoms with E-state index >= 15 is 0 Å². The molecule has 1 aromatic carbocycles. The number of nitrogen functional groups attached to an aromatic ring is 1. The third kappa shape index (κ3) is 2.75. The maximum atomic E-state index is 12.6. The number of nitrogens with two attached hydrogens (primary N) is 1. The molecule has 0 aromatic heterocycles. The highest BCUT2D eigenvalue weighted by molar-refractivity contribution is 5.99. The van der Waals surface area contributed by atoms with Crippen molar-refractivity contribution in [2.24, 2.45) is 0 Å². The topological polar surface area (TPSA) is 46.3 Å². The van der Waals surface area contributed by atoms with Gasteiger partial charge in [-0.1, -0.05) is 6.07 Å². The minimum absolute atomic E-state index is 0.119. The van der Waals surface area contributed by atoms with Gasteiger partial charge in [0.1, 0.15) is 0 Å². The van der Waals surface area contributed by atoms with Crippen LogP contribution in [0.4, 0.5) is 18.9 Å². The number of para-hydroxylation sites is 1. The molecule has 0 aliphatic rings. The van der Waals surface area contributed by atoms with E-state index in [2.05, 4.69) is 0 Å². The van der Waals surface area contributed by atoms with Gasteiger partial charge in [0.05, 0.1) is 16.8 Å². The lowest BCUT2D eigenvalue weighted by Crippen LogP contribution is -2.33. The van der Waals surface area contributed by atoms with Crippen LogP contribution in [0.1, 0.15) is 29.8 Å². The van der Waals surface area contributed by atoms with E-state index in [1.807, 2.05) is 0 Å². The van der Waals surface area contributed by atoms with Crippen molar-refractivity contribution in [2.45, 2.75) is 26.1 Å². The summed E-state index contributed by atoms with van der Waals surface area (Å²) in [5.41, 5.74) is 3.81. The number of hydrogen-bond acceptors (Lipinski definition) is 2. The first-order chi connectivity index (χ1) is 8.16. The molecule has 1 rings (SSSR count). The highest BCUT2D eigenvalue weighted by Crippen LogP contribution is 2.35.